The minimum Gasteiger partial charge on any atom is -0.469 e. The van der Waals surface area contributed by atoms with Gasteiger partial charge in [0.25, 0.3) is 0 Å². The largest absolute Gasteiger partial charge is 0.469 e. The summed E-state index contributed by atoms with van der Waals surface area (Å²) in [5.74, 6) is -0.0551. The van der Waals surface area contributed by atoms with Crippen LogP contribution in [-0.4, -0.2) is 26.7 Å². The summed E-state index contributed by atoms with van der Waals surface area (Å²) in [4.78, 5) is 14.0. The Labute approximate surface area is 114 Å². The number of benzene rings is 1. The average Bonchev–Trinajstić information content (AvgIpc) is 3.05. The van der Waals surface area contributed by atoms with Crippen molar-refractivity contribution in [3.63, 3.8) is 0 Å². The van der Waals surface area contributed by atoms with E-state index in [0.717, 1.165) is 19.4 Å². The fourth-order valence-electron chi connectivity index (χ4n) is 3.14. The zero-order chi connectivity index (χ0) is 13.5. The van der Waals surface area contributed by atoms with Crippen molar-refractivity contribution in [1.82, 2.24) is 0 Å². The molecule has 0 radical (unpaired) electrons. The number of carbonyl (C=O) groups is 1. The van der Waals surface area contributed by atoms with Gasteiger partial charge in [0, 0.05) is 19.3 Å². The maximum absolute atomic E-state index is 11.8. The lowest BCUT2D eigenvalue weighted by Gasteiger charge is -2.24. The predicted octanol–water partition coefficient (Wildman–Crippen LogP) is 2.56. The second-order valence-electron chi connectivity index (χ2n) is 5.93. The van der Waals surface area contributed by atoms with E-state index in [0.29, 0.717) is 0 Å². The van der Waals surface area contributed by atoms with E-state index in [-0.39, 0.29) is 11.4 Å². The molecule has 0 heterocycles. The van der Waals surface area contributed by atoms with Crippen molar-refractivity contribution in [3.05, 3.63) is 29.3 Å². The van der Waals surface area contributed by atoms with Gasteiger partial charge in [-0.15, -0.1) is 0 Å². The van der Waals surface area contributed by atoms with Gasteiger partial charge < -0.3 is 9.64 Å². The molecule has 1 fully saturated rings. The Bertz CT molecular complexity index is 505. The number of hydrogen-bond acceptors (Lipinski definition) is 3. The van der Waals surface area contributed by atoms with Crippen LogP contribution in [0.15, 0.2) is 18.2 Å². The molecule has 0 aliphatic heterocycles. The number of anilines is 1. The van der Waals surface area contributed by atoms with E-state index in [1.54, 1.807) is 0 Å². The van der Waals surface area contributed by atoms with Crippen LogP contribution >= 0.6 is 0 Å². The van der Waals surface area contributed by atoms with Crippen molar-refractivity contribution in [3.8, 4) is 0 Å². The lowest BCUT2D eigenvalue weighted by atomic mass is 10.1. The normalized spacial score (nSPS) is 18.8. The molecule has 0 amide bonds. The standard InChI is InChI=1S/C16H21NO2/c1-17(11-16(8-9-16)15(18)19-2)14-7-6-12-4-3-5-13(12)10-14/h6-7,10H,3-5,8-9,11H2,1-2H3. The second-order valence-corrected chi connectivity index (χ2v) is 5.93. The van der Waals surface area contributed by atoms with Crippen molar-refractivity contribution in [1.29, 1.82) is 0 Å². The monoisotopic (exact) mass is 259 g/mol. The smallest absolute Gasteiger partial charge is 0.313 e. The van der Waals surface area contributed by atoms with Crippen molar-refractivity contribution < 1.29 is 9.53 Å². The molecule has 0 spiro atoms. The first-order valence-electron chi connectivity index (χ1n) is 7.06. The van der Waals surface area contributed by atoms with E-state index >= 15 is 0 Å². The van der Waals surface area contributed by atoms with Crippen LogP contribution in [0, 0.1) is 5.41 Å². The van der Waals surface area contributed by atoms with Crippen molar-refractivity contribution in [2.45, 2.75) is 32.1 Å². The predicted molar refractivity (Wildman–Crippen MR) is 75.4 cm³/mol. The first-order valence-corrected chi connectivity index (χ1v) is 7.06. The highest BCUT2D eigenvalue weighted by Crippen LogP contribution is 2.47. The molecule has 2 aliphatic carbocycles. The molecule has 0 saturated heterocycles. The van der Waals surface area contributed by atoms with Gasteiger partial charge in [-0.2, -0.15) is 0 Å². The van der Waals surface area contributed by atoms with Gasteiger partial charge in [0.2, 0.25) is 0 Å². The molecular formula is C16H21NO2. The van der Waals surface area contributed by atoms with E-state index in [9.17, 15) is 4.79 Å². The summed E-state index contributed by atoms with van der Waals surface area (Å²) in [6, 6.07) is 6.71. The number of rotatable bonds is 4. The van der Waals surface area contributed by atoms with Crippen LogP contribution in [0.1, 0.15) is 30.4 Å². The Morgan fingerprint density at radius 1 is 1.32 bits per heavy atom. The minimum atomic E-state index is -0.248. The van der Waals surface area contributed by atoms with Crippen LogP contribution in [0.3, 0.4) is 0 Å². The molecule has 3 rings (SSSR count). The Morgan fingerprint density at radius 2 is 2.05 bits per heavy atom. The third kappa shape index (κ3) is 2.22. The van der Waals surface area contributed by atoms with Crippen LogP contribution in [0.25, 0.3) is 0 Å². The van der Waals surface area contributed by atoms with E-state index < -0.39 is 0 Å². The van der Waals surface area contributed by atoms with Crippen LogP contribution in [0.4, 0.5) is 5.69 Å². The summed E-state index contributed by atoms with van der Waals surface area (Å²) < 4.78 is 4.92. The fraction of sp³-hybridized carbons (Fsp3) is 0.562. The van der Waals surface area contributed by atoms with Gasteiger partial charge in [-0.3, -0.25) is 4.79 Å². The molecule has 0 N–H and O–H groups in total. The molecule has 0 atom stereocenters. The van der Waals surface area contributed by atoms with Gasteiger partial charge in [0.15, 0.2) is 0 Å². The van der Waals surface area contributed by atoms with Gasteiger partial charge in [-0.1, -0.05) is 6.07 Å². The molecule has 2 aliphatic rings. The van der Waals surface area contributed by atoms with Gasteiger partial charge in [-0.25, -0.2) is 0 Å². The molecule has 0 bridgehead atoms. The van der Waals surface area contributed by atoms with Crippen LogP contribution in [-0.2, 0) is 22.4 Å². The summed E-state index contributed by atoms with van der Waals surface area (Å²) in [5.41, 5.74) is 3.94. The van der Waals surface area contributed by atoms with Crippen molar-refractivity contribution in [2.75, 3.05) is 25.6 Å². The van der Waals surface area contributed by atoms with Gasteiger partial charge >= 0.3 is 5.97 Å². The zero-order valence-electron chi connectivity index (χ0n) is 11.7. The number of esters is 1. The molecule has 0 aromatic heterocycles. The highest BCUT2D eigenvalue weighted by molar-refractivity contribution is 5.80. The molecule has 0 unspecified atom stereocenters. The lowest BCUT2D eigenvalue weighted by molar-refractivity contribution is -0.146. The van der Waals surface area contributed by atoms with Crippen molar-refractivity contribution >= 4 is 11.7 Å². The molecule has 3 nitrogen and oxygen atoms in total. The molecule has 1 saturated carbocycles. The molecule has 3 heteroatoms. The summed E-state index contributed by atoms with van der Waals surface area (Å²) in [6.45, 7) is 0.762. The Morgan fingerprint density at radius 3 is 2.74 bits per heavy atom. The van der Waals surface area contributed by atoms with Crippen LogP contribution < -0.4 is 4.90 Å². The maximum atomic E-state index is 11.8. The summed E-state index contributed by atoms with van der Waals surface area (Å²) in [7, 11) is 3.55. The van der Waals surface area contributed by atoms with E-state index in [1.807, 2.05) is 0 Å². The quantitative estimate of drug-likeness (QED) is 0.778. The van der Waals surface area contributed by atoms with Crippen LogP contribution in [0.2, 0.25) is 0 Å². The molecule has 1 aromatic rings. The Hall–Kier alpha value is -1.51. The Kier molecular flexibility index (Phi) is 3.00. The minimum absolute atomic E-state index is 0.0551. The van der Waals surface area contributed by atoms with Crippen LogP contribution in [0.5, 0.6) is 0 Å². The second kappa shape index (κ2) is 4.55. The molecule has 1 aromatic carbocycles. The SMILES string of the molecule is COC(=O)C1(CN(C)c2ccc3c(c2)CCC3)CC1. The third-order valence-electron chi connectivity index (χ3n) is 4.53. The average molecular weight is 259 g/mol. The zero-order valence-corrected chi connectivity index (χ0v) is 11.7. The topological polar surface area (TPSA) is 29.5 Å². The summed E-state index contributed by atoms with van der Waals surface area (Å²) >= 11 is 0. The number of ether oxygens (including phenoxy) is 1. The number of hydrogen-bond donors (Lipinski definition) is 0. The highest BCUT2D eigenvalue weighted by Gasteiger charge is 2.51. The molecule has 102 valence electrons. The van der Waals surface area contributed by atoms with Gasteiger partial charge in [-0.05, 0) is 55.4 Å². The van der Waals surface area contributed by atoms with Gasteiger partial charge in [0.1, 0.15) is 0 Å². The van der Waals surface area contributed by atoms with E-state index in [4.69, 9.17) is 4.74 Å². The number of carbonyl (C=O) groups excluding carboxylic acids is 1. The molecule has 19 heavy (non-hydrogen) atoms. The summed E-state index contributed by atoms with van der Waals surface area (Å²) in [6.07, 6.45) is 5.59. The van der Waals surface area contributed by atoms with E-state index in [1.165, 1.54) is 43.2 Å². The Balaban J connectivity index is 1.74. The first kappa shape index (κ1) is 12.5. The molecular weight excluding hydrogens is 238 g/mol. The maximum Gasteiger partial charge on any atom is 0.313 e. The summed E-state index contributed by atoms with van der Waals surface area (Å²) in [5, 5.41) is 0. The first-order chi connectivity index (χ1) is 9.14. The highest BCUT2D eigenvalue weighted by atomic mass is 16.5. The van der Waals surface area contributed by atoms with Crippen molar-refractivity contribution in [2.24, 2.45) is 5.41 Å². The lowest BCUT2D eigenvalue weighted by Crippen LogP contribution is -2.32. The van der Waals surface area contributed by atoms with E-state index in [2.05, 4.69) is 30.1 Å². The number of aryl methyl sites for hydroxylation is 2. The fourth-order valence-corrected chi connectivity index (χ4v) is 3.14. The number of nitrogens with zero attached hydrogens (tertiary/aromatic N) is 1. The number of methoxy groups -OCH3 is 1. The third-order valence-corrected chi connectivity index (χ3v) is 4.53. The van der Waals surface area contributed by atoms with Gasteiger partial charge in [0.05, 0.1) is 12.5 Å². The number of fused-ring (bicyclic) bond motifs is 1.